The molecule has 0 radical (unpaired) electrons. The lowest BCUT2D eigenvalue weighted by Crippen LogP contribution is -1.99. The highest BCUT2D eigenvalue weighted by atomic mass is 32.1. The van der Waals surface area contributed by atoms with Gasteiger partial charge in [-0.2, -0.15) is 5.10 Å². The molecule has 0 saturated carbocycles. The number of carboxylic acids is 1. The van der Waals surface area contributed by atoms with Gasteiger partial charge in [0, 0.05) is 22.1 Å². The van der Waals surface area contributed by atoms with Crippen LogP contribution < -0.4 is 5.43 Å². The molecule has 26 heavy (non-hydrogen) atoms. The molecule has 0 spiro atoms. The van der Waals surface area contributed by atoms with E-state index >= 15 is 0 Å². The number of aliphatic carboxylic acids is 1. The Balaban J connectivity index is 1.83. The number of nitrogens with one attached hydrogen (secondary N) is 1. The number of phenolic OH excluding ortho intramolecular Hbond substituents is 2. The molecule has 132 valence electrons. The van der Waals surface area contributed by atoms with Gasteiger partial charge >= 0.3 is 5.97 Å². The minimum atomic E-state index is -0.935. The van der Waals surface area contributed by atoms with Crippen molar-refractivity contribution in [1.29, 1.82) is 0 Å². The second-order valence-electron chi connectivity index (χ2n) is 5.34. The number of hydrogen-bond donors (Lipinski definition) is 4. The molecule has 0 bridgehead atoms. The van der Waals surface area contributed by atoms with Gasteiger partial charge in [-0.25, -0.2) is 4.98 Å². The fourth-order valence-corrected chi connectivity index (χ4v) is 3.20. The Labute approximate surface area is 152 Å². The van der Waals surface area contributed by atoms with Crippen molar-refractivity contribution in [3.63, 3.8) is 0 Å². The summed E-state index contributed by atoms with van der Waals surface area (Å²) in [7, 11) is 0. The summed E-state index contributed by atoms with van der Waals surface area (Å²) in [5, 5.41) is 32.6. The van der Waals surface area contributed by atoms with Gasteiger partial charge in [0.05, 0.1) is 18.3 Å². The van der Waals surface area contributed by atoms with Crippen LogP contribution in [0.25, 0.3) is 11.3 Å². The van der Waals surface area contributed by atoms with Crippen LogP contribution in [0.4, 0.5) is 5.13 Å². The third-order valence-corrected chi connectivity index (χ3v) is 4.39. The number of aromatic nitrogens is 1. The number of rotatable bonds is 6. The van der Waals surface area contributed by atoms with Crippen molar-refractivity contribution in [2.45, 2.75) is 6.42 Å². The maximum atomic E-state index is 11.1. The summed E-state index contributed by atoms with van der Waals surface area (Å²) in [5.74, 6) is -1.08. The standard InChI is InChI=1S/C18H15N3O4S/c22-13-7-6-12(14(23)8-13)10-19-21-18-20-17(11-4-2-1-3-5-11)15(26-18)9-16(24)25/h1-8,10,22-23H,9H2,(H,20,21)(H,24,25)/b19-10+. The first kappa shape index (κ1) is 17.4. The Morgan fingerprint density at radius 2 is 1.96 bits per heavy atom. The second-order valence-corrected chi connectivity index (χ2v) is 6.42. The SMILES string of the molecule is O=C(O)Cc1sc(N/N=C/c2ccc(O)cc2O)nc1-c1ccccc1. The number of hydrazone groups is 1. The largest absolute Gasteiger partial charge is 0.508 e. The van der Waals surface area contributed by atoms with E-state index in [0.29, 0.717) is 21.3 Å². The molecule has 2 aromatic carbocycles. The van der Waals surface area contributed by atoms with Gasteiger partial charge < -0.3 is 15.3 Å². The smallest absolute Gasteiger partial charge is 0.308 e. The first-order valence-electron chi connectivity index (χ1n) is 7.61. The molecule has 7 nitrogen and oxygen atoms in total. The van der Waals surface area contributed by atoms with Crippen LogP contribution in [0, 0.1) is 0 Å². The second kappa shape index (κ2) is 7.66. The van der Waals surface area contributed by atoms with E-state index < -0.39 is 5.97 Å². The van der Waals surface area contributed by atoms with Crippen LogP contribution in [-0.2, 0) is 11.2 Å². The highest BCUT2D eigenvalue weighted by molar-refractivity contribution is 7.16. The lowest BCUT2D eigenvalue weighted by Gasteiger charge is -1.99. The van der Waals surface area contributed by atoms with Gasteiger partial charge in [-0.1, -0.05) is 41.7 Å². The van der Waals surface area contributed by atoms with Gasteiger partial charge in [-0.05, 0) is 12.1 Å². The van der Waals surface area contributed by atoms with Gasteiger partial charge in [-0.3, -0.25) is 10.2 Å². The molecule has 1 heterocycles. The Morgan fingerprint density at radius 3 is 2.65 bits per heavy atom. The zero-order valence-electron chi connectivity index (χ0n) is 13.5. The van der Waals surface area contributed by atoms with E-state index in [1.807, 2.05) is 30.3 Å². The fourth-order valence-electron chi connectivity index (χ4n) is 2.28. The van der Waals surface area contributed by atoms with E-state index in [9.17, 15) is 15.0 Å². The first-order chi connectivity index (χ1) is 12.5. The molecule has 3 rings (SSSR count). The average molecular weight is 369 g/mol. The van der Waals surface area contributed by atoms with Gasteiger partial charge in [-0.15, -0.1) is 0 Å². The van der Waals surface area contributed by atoms with Crippen LogP contribution >= 0.6 is 11.3 Å². The lowest BCUT2D eigenvalue weighted by atomic mass is 10.1. The lowest BCUT2D eigenvalue weighted by molar-refractivity contribution is -0.136. The Kier molecular flexibility index (Phi) is 5.14. The molecule has 0 aliphatic heterocycles. The molecule has 3 aromatic rings. The molecule has 0 atom stereocenters. The van der Waals surface area contributed by atoms with Crippen LogP contribution in [-0.4, -0.2) is 32.5 Å². The number of benzene rings is 2. The molecular weight excluding hydrogens is 354 g/mol. The van der Waals surface area contributed by atoms with Gasteiger partial charge in [0.1, 0.15) is 11.5 Å². The van der Waals surface area contributed by atoms with Crippen LogP contribution in [0.5, 0.6) is 11.5 Å². The summed E-state index contributed by atoms with van der Waals surface area (Å²) < 4.78 is 0. The maximum absolute atomic E-state index is 11.1. The predicted octanol–water partition coefficient (Wildman–Crippen LogP) is 3.29. The molecule has 0 saturated heterocycles. The monoisotopic (exact) mass is 369 g/mol. The number of anilines is 1. The third kappa shape index (κ3) is 4.17. The zero-order chi connectivity index (χ0) is 18.5. The van der Waals surface area contributed by atoms with E-state index in [1.165, 1.54) is 35.8 Å². The summed E-state index contributed by atoms with van der Waals surface area (Å²) in [4.78, 5) is 16.2. The van der Waals surface area contributed by atoms with Crippen molar-refractivity contribution in [3.8, 4) is 22.8 Å². The molecular formula is C18H15N3O4S. The molecule has 0 aliphatic carbocycles. The normalized spacial score (nSPS) is 10.9. The Bertz CT molecular complexity index is 954. The van der Waals surface area contributed by atoms with Crippen molar-refractivity contribution >= 4 is 28.7 Å². The van der Waals surface area contributed by atoms with E-state index in [2.05, 4.69) is 15.5 Å². The molecule has 0 aliphatic rings. The highest BCUT2D eigenvalue weighted by Crippen LogP contribution is 2.31. The minimum Gasteiger partial charge on any atom is -0.508 e. The number of aromatic hydroxyl groups is 2. The van der Waals surface area contributed by atoms with Gasteiger partial charge in [0.2, 0.25) is 5.13 Å². The zero-order valence-corrected chi connectivity index (χ0v) is 14.3. The van der Waals surface area contributed by atoms with Gasteiger partial charge in [0.25, 0.3) is 0 Å². The van der Waals surface area contributed by atoms with Crippen molar-refractivity contribution in [1.82, 2.24) is 4.98 Å². The van der Waals surface area contributed by atoms with Crippen LogP contribution in [0.15, 0.2) is 53.6 Å². The molecule has 4 N–H and O–H groups in total. The van der Waals surface area contributed by atoms with E-state index in [4.69, 9.17) is 5.11 Å². The van der Waals surface area contributed by atoms with Crippen LogP contribution in [0.1, 0.15) is 10.4 Å². The van der Waals surface area contributed by atoms with Crippen molar-refractivity contribution in [2.24, 2.45) is 5.10 Å². The van der Waals surface area contributed by atoms with Crippen LogP contribution in [0.3, 0.4) is 0 Å². The molecule has 0 amide bonds. The van der Waals surface area contributed by atoms with E-state index in [1.54, 1.807) is 0 Å². The summed E-state index contributed by atoms with van der Waals surface area (Å²) in [6.45, 7) is 0. The van der Waals surface area contributed by atoms with E-state index in [0.717, 1.165) is 5.56 Å². The fraction of sp³-hybridized carbons (Fsp3) is 0.0556. The number of hydrogen-bond acceptors (Lipinski definition) is 7. The van der Waals surface area contributed by atoms with E-state index in [-0.39, 0.29) is 17.9 Å². The molecule has 1 aromatic heterocycles. The van der Waals surface area contributed by atoms with Crippen molar-refractivity contribution in [2.75, 3.05) is 5.43 Å². The highest BCUT2D eigenvalue weighted by Gasteiger charge is 2.15. The quantitative estimate of drug-likeness (QED) is 0.391. The average Bonchev–Trinajstić information content (AvgIpc) is 2.99. The number of phenols is 2. The molecule has 8 heteroatoms. The maximum Gasteiger partial charge on any atom is 0.308 e. The third-order valence-electron chi connectivity index (χ3n) is 3.43. The Hall–Kier alpha value is -3.39. The van der Waals surface area contributed by atoms with Gasteiger partial charge in [0.15, 0.2) is 0 Å². The summed E-state index contributed by atoms with van der Waals surface area (Å²) in [5.41, 5.74) is 4.59. The number of carbonyl (C=O) groups is 1. The Morgan fingerprint density at radius 1 is 1.19 bits per heavy atom. The van der Waals surface area contributed by atoms with Crippen LogP contribution in [0.2, 0.25) is 0 Å². The van der Waals surface area contributed by atoms with Crippen molar-refractivity contribution in [3.05, 3.63) is 59.0 Å². The molecule has 0 fully saturated rings. The minimum absolute atomic E-state index is 0.0432. The predicted molar refractivity (Wildman–Crippen MR) is 99.9 cm³/mol. The summed E-state index contributed by atoms with van der Waals surface area (Å²) in [6.07, 6.45) is 1.25. The molecule has 0 unspecified atom stereocenters. The number of nitrogens with zero attached hydrogens (tertiary/aromatic N) is 2. The topological polar surface area (TPSA) is 115 Å². The number of thiazole rings is 1. The summed E-state index contributed by atoms with van der Waals surface area (Å²) >= 11 is 1.21. The first-order valence-corrected chi connectivity index (χ1v) is 8.42. The van der Waals surface area contributed by atoms with Crippen molar-refractivity contribution < 1.29 is 20.1 Å². The number of carboxylic acid groups (broad SMARTS) is 1. The summed E-state index contributed by atoms with van der Waals surface area (Å²) in [6, 6.07) is 13.5.